The Kier molecular flexibility index (Phi) is 4.78. The zero-order chi connectivity index (χ0) is 16.1. The molecule has 0 radical (unpaired) electrons. The molecule has 2 aromatic carbocycles. The highest BCUT2D eigenvalue weighted by atomic mass is 16.5. The van der Waals surface area contributed by atoms with Gasteiger partial charge in [0.05, 0.1) is 14.2 Å². The van der Waals surface area contributed by atoms with Crippen molar-refractivity contribution in [1.82, 2.24) is 0 Å². The van der Waals surface area contributed by atoms with Gasteiger partial charge in [-0.1, -0.05) is 24.3 Å². The Morgan fingerprint density at radius 1 is 0.955 bits per heavy atom. The lowest BCUT2D eigenvalue weighted by Crippen LogP contribution is -1.91. The summed E-state index contributed by atoms with van der Waals surface area (Å²) >= 11 is 0. The summed E-state index contributed by atoms with van der Waals surface area (Å²) < 4.78 is 10.2. The van der Waals surface area contributed by atoms with Crippen LogP contribution in [0.2, 0.25) is 0 Å². The van der Waals surface area contributed by atoms with Crippen molar-refractivity contribution in [2.45, 2.75) is 6.42 Å². The van der Waals surface area contributed by atoms with Gasteiger partial charge in [-0.2, -0.15) is 0 Å². The van der Waals surface area contributed by atoms with E-state index in [1.807, 2.05) is 12.2 Å². The predicted molar refractivity (Wildman–Crippen MR) is 83.7 cm³/mol. The molecule has 5 heteroatoms. The maximum absolute atomic E-state index is 9.75. The van der Waals surface area contributed by atoms with Crippen LogP contribution in [0.3, 0.4) is 0 Å². The maximum atomic E-state index is 9.75. The number of ether oxygens (including phenoxy) is 2. The highest BCUT2D eigenvalue weighted by molar-refractivity contribution is 5.58. The quantitative estimate of drug-likeness (QED) is 0.740. The molecule has 0 aliphatic carbocycles. The molecule has 0 bridgehead atoms. The zero-order valence-electron chi connectivity index (χ0n) is 12.4. The average Bonchev–Trinajstić information content (AvgIpc) is 2.52. The number of benzene rings is 2. The molecule has 0 aromatic heterocycles. The number of hydrogen-bond acceptors (Lipinski definition) is 5. The summed E-state index contributed by atoms with van der Waals surface area (Å²) in [5.74, 6) is 0.271. The van der Waals surface area contributed by atoms with Crippen LogP contribution in [0.1, 0.15) is 11.1 Å². The summed E-state index contributed by atoms with van der Waals surface area (Å²) in [7, 11) is 2.93. The van der Waals surface area contributed by atoms with Gasteiger partial charge in [-0.3, -0.25) is 0 Å². The first-order valence-corrected chi connectivity index (χ1v) is 6.68. The highest BCUT2D eigenvalue weighted by Gasteiger charge is 2.11. The maximum Gasteiger partial charge on any atom is 0.200 e. The summed E-state index contributed by atoms with van der Waals surface area (Å²) in [6.45, 7) is 0. The van der Waals surface area contributed by atoms with Crippen LogP contribution in [0.4, 0.5) is 0 Å². The molecule has 3 N–H and O–H groups in total. The molecule has 2 aromatic rings. The molecular weight excluding hydrogens is 284 g/mol. The Bertz CT molecular complexity index is 692. The van der Waals surface area contributed by atoms with Crippen LogP contribution >= 0.6 is 0 Å². The third-order valence-electron chi connectivity index (χ3n) is 3.25. The number of phenolic OH excluding ortho intramolecular Hbond substituents is 3. The van der Waals surface area contributed by atoms with Crippen LogP contribution < -0.4 is 9.47 Å². The van der Waals surface area contributed by atoms with Crippen LogP contribution in [-0.2, 0) is 6.42 Å². The highest BCUT2D eigenvalue weighted by Crippen LogP contribution is 2.38. The molecule has 0 fully saturated rings. The third kappa shape index (κ3) is 3.25. The van der Waals surface area contributed by atoms with Crippen LogP contribution in [0.15, 0.2) is 36.4 Å². The van der Waals surface area contributed by atoms with E-state index in [1.54, 1.807) is 24.3 Å². The first-order chi connectivity index (χ1) is 10.6. The van der Waals surface area contributed by atoms with E-state index in [0.29, 0.717) is 12.2 Å². The van der Waals surface area contributed by atoms with Crippen molar-refractivity contribution in [1.29, 1.82) is 0 Å². The van der Waals surface area contributed by atoms with Crippen molar-refractivity contribution in [3.8, 4) is 28.7 Å². The molecular formula is C17H18O5. The van der Waals surface area contributed by atoms with E-state index in [2.05, 4.69) is 0 Å². The molecule has 22 heavy (non-hydrogen) atoms. The summed E-state index contributed by atoms with van der Waals surface area (Å²) in [5.41, 5.74) is 1.62. The van der Waals surface area contributed by atoms with E-state index in [4.69, 9.17) is 9.47 Å². The van der Waals surface area contributed by atoms with Crippen LogP contribution in [0.5, 0.6) is 28.7 Å². The van der Waals surface area contributed by atoms with Gasteiger partial charge in [-0.15, -0.1) is 0 Å². The van der Waals surface area contributed by atoms with Gasteiger partial charge in [0, 0.05) is 5.56 Å². The second kappa shape index (κ2) is 6.76. The van der Waals surface area contributed by atoms with Gasteiger partial charge in [0.15, 0.2) is 23.0 Å². The first kappa shape index (κ1) is 15.6. The van der Waals surface area contributed by atoms with Gasteiger partial charge in [-0.25, -0.2) is 0 Å². The van der Waals surface area contributed by atoms with Crippen LogP contribution in [0, 0.1) is 0 Å². The number of rotatable bonds is 5. The van der Waals surface area contributed by atoms with Gasteiger partial charge >= 0.3 is 0 Å². The minimum Gasteiger partial charge on any atom is -0.504 e. The van der Waals surface area contributed by atoms with Crippen molar-refractivity contribution >= 4 is 6.08 Å². The number of phenols is 3. The van der Waals surface area contributed by atoms with Crippen LogP contribution in [0.25, 0.3) is 6.08 Å². The molecule has 0 saturated carbocycles. The molecule has 0 saturated heterocycles. The molecule has 0 unspecified atom stereocenters. The fourth-order valence-electron chi connectivity index (χ4n) is 2.11. The number of aromatic hydroxyl groups is 3. The molecule has 0 spiro atoms. The van der Waals surface area contributed by atoms with Gasteiger partial charge in [-0.05, 0) is 30.2 Å². The Hall–Kier alpha value is -2.82. The molecule has 0 heterocycles. The van der Waals surface area contributed by atoms with E-state index in [9.17, 15) is 15.3 Å². The summed E-state index contributed by atoms with van der Waals surface area (Å²) in [6, 6.07) is 8.16. The van der Waals surface area contributed by atoms with Gasteiger partial charge in [0.1, 0.15) is 0 Å². The summed E-state index contributed by atoms with van der Waals surface area (Å²) in [5, 5.41) is 28.8. The summed E-state index contributed by atoms with van der Waals surface area (Å²) in [6.07, 6.45) is 4.27. The Labute approximate surface area is 128 Å². The lowest BCUT2D eigenvalue weighted by Gasteiger charge is -2.09. The molecule has 0 amide bonds. The predicted octanol–water partition coefficient (Wildman–Crippen LogP) is 3.08. The smallest absolute Gasteiger partial charge is 0.200 e. The molecule has 116 valence electrons. The minimum absolute atomic E-state index is 0.0878. The average molecular weight is 302 g/mol. The van der Waals surface area contributed by atoms with Crippen molar-refractivity contribution < 1.29 is 24.8 Å². The molecule has 5 nitrogen and oxygen atoms in total. The minimum atomic E-state index is -0.264. The molecule has 0 atom stereocenters. The van der Waals surface area contributed by atoms with Crippen molar-refractivity contribution in [2.75, 3.05) is 14.2 Å². The van der Waals surface area contributed by atoms with Crippen molar-refractivity contribution in [3.63, 3.8) is 0 Å². The van der Waals surface area contributed by atoms with E-state index < -0.39 is 0 Å². The van der Waals surface area contributed by atoms with Crippen molar-refractivity contribution in [3.05, 3.63) is 47.5 Å². The first-order valence-electron chi connectivity index (χ1n) is 6.68. The standard InChI is InChI=1S/C17H18O5/c1-21-15-10-11(6-8-13(15)18)4-3-5-12-7-9-14(19)16(20)17(12)22-2/h3-4,6-10,18-20H,5H2,1-2H3/b4-3+. The normalized spacial score (nSPS) is 10.8. The number of methoxy groups -OCH3 is 2. The molecule has 0 aliphatic rings. The summed E-state index contributed by atoms with van der Waals surface area (Å²) in [4.78, 5) is 0. The Balaban J connectivity index is 2.18. The van der Waals surface area contributed by atoms with E-state index in [0.717, 1.165) is 11.1 Å². The second-order valence-corrected chi connectivity index (χ2v) is 4.66. The van der Waals surface area contributed by atoms with Crippen molar-refractivity contribution in [2.24, 2.45) is 0 Å². The number of hydrogen-bond donors (Lipinski definition) is 3. The second-order valence-electron chi connectivity index (χ2n) is 4.66. The van der Waals surface area contributed by atoms with Crippen LogP contribution in [-0.4, -0.2) is 29.5 Å². The fourth-order valence-corrected chi connectivity index (χ4v) is 2.11. The van der Waals surface area contributed by atoms with E-state index >= 15 is 0 Å². The molecule has 2 rings (SSSR count). The lowest BCUT2D eigenvalue weighted by molar-refractivity contribution is 0.348. The van der Waals surface area contributed by atoms with Gasteiger partial charge < -0.3 is 24.8 Å². The van der Waals surface area contributed by atoms with E-state index in [-0.39, 0.29) is 23.0 Å². The SMILES string of the molecule is COc1cc(/C=C/Cc2ccc(O)c(O)c2OC)ccc1O. The number of allylic oxidation sites excluding steroid dienone is 1. The van der Waals surface area contributed by atoms with Gasteiger partial charge in [0.2, 0.25) is 5.75 Å². The topological polar surface area (TPSA) is 79.2 Å². The van der Waals surface area contributed by atoms with Gasteiger partial charge in [0.25, 0.3) is 0 Å². The third-order valence-corrected chi connectivity index (χ3v) is 3.25. The van der Waals surface area contributed by atoms with E-state index in [1.165, 1.54) is 20.3 Å². The Morgan fingerprint density at radius 3 is 2.36 bits per heavy atom. The monoisotopic (exact) mass is 302 g/mol. The lowest BCUT2D eigenvalue weighted by atomic mass is 10.1. The largest absolute Gasteiger partial charge is 0.504 e. The molecule has 0 aliphatic heterocycles. The fraction of sp³-hybridized carbons (Fsp3) is 0.176. The Morgan fingerprint density at radius 2 is 1.68 bits per heavy atom. The zero-order valence-corrected chi connectivity index (χ0v) is 12.4.